The highest BCUT2D eigenvalue weighted by Crippen LogP contribution is 2.37. The topological polar surface area (TPSA) is 46.6 Å². The van der Waals surface area contributed by atoms with Crippen LogP contribution < -0.4 is 4.74 Å². The number of aryl methyl sites for hydroxylation is 1. The maximum absolute atomic E-state index is 13.0. The van der Waals surface area contributed by atoms with Gasteiger partial charge in [-0.15, -0.1) is 0 Å². The minimum atomic E-state index is -3.47. The van der Waals surface area contributed by atoms with Crippen molar-refractivity contribution in [2.45, 2.75) is 30.7 Å². The predicted octanol–water partition coefficient (Wildman–Crippen LogP) is 3.53. The molecule has 0 saturated carbocycles. The van der Waals surface area contributed by atoms with Gasteiger partial charge in [0.15, 0.2) is 0 Å². The Labute approximate surface area is 137 Å². The van der Waals surface area contributed by atoms with Gasteiger partial charge in [-0.2, -0.15) is 4.31 Å². The first-order chi connectivity index (χ1) is 11.0. The second-order valence-electron chi connectivity index (χ2n) is 5.86. The molecule has 23 heavy (non-hydrogen) atoms. The van der Waals surface area contributed by atoms with Gasteiger partial charge in [-0.05, 0) is 49.6 Å². The van der Waals surface area contributed by atoms with Gasteiger partial charge in [0.25, 0.3) is 0 Å². The summed E-state index contributed by atoms with van der Waals surface area (Å²) in [5.41, 5.74) is 2.07. The van der Waals surface area contributed by atoms with Crippen LogP contribution in [0.3, 0.4) is 0 Å². The minimum absolute atomic E-state index is 0.104. The van der Waals surface area contributed by atoms with E-state index in [1.807, 2.05) is 43.3 Å². The zero-order valence-electron chi connectivity index (χ0n) is 13.4. The van der Waals surface area contributed by atoms with Crippen LogP contribution in [0.15, 0.2) is 53.4 Å². The van der Waals surface area contributed by atoms with E-state index in [1.165, 1.54) is 0 Å². The molecule has 1 aliphatic rings. The van der Waals surface area contributed by atoms with Gasteiger partial charge >= 0.3 is 0 Å². The second kappa shape index (κ2) is 6.34. The van der Waals surface area contributed by atoms with Crippen LogP contribution in [-0.2, 0) is 10.0 Å². The van der Waals surface area contributed by atoms with Gasteiger partial charge in [0.1, 0.15) is 5.75 Å². The molecule has 1 unspecified atom stereocenters. The summed E-state index contributed by atoms with van der Waals surface area (Å²) < 4.78 is 32.7. The molecule has 2 aromatic rings. The standard InChI is InChI=1S/C18H21NO3S/c1-14-5-11-17(12-6-14)23(20,21)19-13-3-4-18(19)15-7-9-16(22-2)10-8-15/h5-12,18H,3-4,13H2,1-2H3. The maximum atomic E-state index is 13.0. The quantitative estimate of drug-likeness (QED) is 0.861. The summed E-state index contributed by atoms with van der Waals surface area (Å²) in [6.45, 7) is 2.51. The Bertz CT molecular complexity index is 767. The van der Waals surface area contributed by atoms with E-state index in [1.54, 1.807) is 23.5 Å². The highest BCUT2D eigenvalue weighted by Gasteiger charge is 2.36. The highest BCUT2D eigenvalue weighted by atomic mass is 32.2. The number of benzene rings is 2. The summed E-state index contributed by atoms with van der Waals surface area (Å²) in [6.07, 6.45) is 1.72. The third-order valence-electron chi connectivity index (χ3n) is 4.33. The van der Waals surface area contributed by atoms with Gasteiger partial charge in [0.2, 0.25) is 10.0 Å². The molecule has 1 aliphatic heterocycles. The average molecular weight is 331 g/mol. The molecular weight excluding hydrogens is 310 g/mol. The van der Waals surface area contributed by atoms with Crippen LogP contribution >= 0.6 is 0 Å². The molecule has 0 N–H and O–H groups in total. The number of methoxy groups -OCH3 is 1. The zero-order valence-corrected chi connectivity index (χ0v) is 14.2. The summed E-state index contributed by atoms with van der Waals surface area (Å²) in [5.74, 6) is 0.777. The monoisotopic (exact) mass is 331 g/mol. The lowest BCUT2D eigenvalue weighted by Gasteiger charge is -2.24. The molecule has 1 atom stereocenters. The van der Waals surface area contributed by atoms with Crippen molar-refractivity contribution in [3.63, 3.8) is 0 Å². The number of ether oxygens (including phenoxy) is 1. The molecule has 1 saturated heterocycles. The molecule has 0 aromatic heterocycles. The fourth-order valence-corrected chi connectivity index (χ4v) is 4.72. The van der Waals surface area contributed by atoms with Gasteiger partial charge in [-0.1, -0.05) is 29.8 Å². The van der Waals surface area contributed by atoms with Crippen molar-refractivity contribution in [2.75, 3.05) is 13.7 Å². The molecule has 0 bridgehead atoms. The van der Waals surface area contributed by atoms with Gasteiger partial charge in [0.05, 0.1) is 18.0 Å². The van der Waals surface area contributed by atoms with Crippen LogP contribution in [0.5, 0.6) is 5.75 Å². The first-order valence-electron chi connectivity index (χ1n) is 7.75. The molecule has 0 amide bonds. The number of hydrogen-bond acceptors (Lipinski definition) is 3. The zero-order chi connectivity index (χ0) is 16.4. The van der Waals surface area contributed by atoms with E-state index in [0.29, 0.717) is 11.4 Å². The van der Waals surface area contributed by atoms with Crippen LogP contribution in [-0.4, -0.2) is 26.4 Å². The molecule has 1 fully saturated rings. The van der Waals surface area contributed by atoms with Crippen molar-refractivity contribution < 1.29 is 13.2 Å². The van der Waals surface area contributed by atoms with E-state index in [0.717, 1.165) is 29.7 Å². The van der Waals surface area contributed by atoms with E-state index >= 15 is 0 Å². The van der Waals surface area contributed by atoms with E-state index < -0.39 is 10.0 Å². The lowest BCUT2D eigenvalue weighted by Crippen LogP contribution is -2.30. The summed E-state index contributed by atoms with van der Waals surface area (Å²) >= 11 is 0. The van der Waals surface area contributed by atoms with Crippen molar-refractivity contribution >= 4 is 10.0 Å². The Hall–Kier alpha value is -1.85. The fourth-order valence-electron chi connectivity index (χ4n) is 3.03. The number of sulfonamides is 1. The molecule has 2 aromatic carbocycles. The summed E-state index contributed by atoms with van der Waals surface area (Å²) in [4.78, 5) is 0.364. The van der Waals surface area contributed by atoms with E-state index in [2.05, 4.69) is 0 Å². The Balaban J connectivity index is 1.92. The molecule has 122 valence electrons. The van der Waals surface area contributed by atoms with Gasteiger partial charge in [-0.3, -0.25) is 0 Å². The first-order valence-corrected chi connectivity index (χ1v) is 9.19. The minimum Gasteiger partial charge on any atom is -0.497 e. The lowest BCUT2D eigenvalue weighted by molar-refractivity contribution is 0.394. The van der Waals surface area contributed by atoms with Gasteiger partial charge in [0, 0.05) is 6.54 Å². The molecule has 0 spiro atoms. The van der Waals surface area contributed by atoms with Crippen LogP contribution in [0.4, 0.5) is 0 Å². The van der Waals surface area contributed by atoms with Crippen molar-refractivity contribution in [3.8, 4) is 5.75 Å². The third kappa shape index (κ3) is 3.12. The SMILES string of the molecule is COc1ccc(C2CCCN2S(=O)(=O)c2ccc(C)cc2)cc1. The number of hydrogen-bond donors (Lipinski definition) is 0. The Morgan fingerprint density at radius 1 is 1.04 bits per heavy atom. The summed E-state index contributed by atoms with van der Waals surface area (Å²) in [7, 11) is -1.84. The van der Waals surface area contributed by atoms with Crippen LogP contribution in [0.1, 0.15) is 30.0 Å². The van der Waals surface area contributed by atoms with Gasteiger partial charge < -0.3 is 4.74 Å². The van der Waals surface area contributed by atoms with Crippen LogP contribution in [0.2, 0.25) is 0 Å². The maximum Gasteiger partial charge on any atom is 0.243 e. The molecule has 0 radical (unpaired) electrons. The molecule has 1 heterocycles. The molecular formula is C18H21NO3S. The van der Waals surface area contributed by atoms with Crippen molar-refractivity contribution in [1.29, 1.82) is 0 Å². The Morgan fingerprint density at radius 3 is 2.30 bits per heavy atom. The first kappa shape index (κ1) is 16.0. The second-order valence-corrected chi connectivity index (χ2v) is 7.75. The molecule has 0 aliphatic carbocycles. The molecule has 3 rings (SSSR count). The molecule has 5 heteroatoms. The smallest absolute Gasteiger partial charge is 0.243 e. The van der Waals surface area contributed by atoms with Crippen molar-refractivity contribution in [1.82, 2.24) is 4.31 Å². The van der Waals surface area contributed by atoms with E-state index in [4.69, 9.17) is 4.74 Å². The van der Waals surface area contributed by atoms with Crippen molar-refractivity contribution in [2.24, 2.45) is 0 Å². The largest absolute Gasteiger partial charge is 0.497 e. The van der Waals surface area contributed by atoms with E-state index in [9.17, 15) is 8.42 Å². The Kier molecular flexibility index (Phi) is 4.41. The summed E-state index contributed by atoms with van der Waals surface area (Å²) in [6, 6.07) is 14.6. The fraction of sp³-hybridized carbons (Fsp3) is 0.333. The number of rotatable bonds is 4. The lowest BCUT2D eigenvalue weighted by atomic mass is 10.1. The molecule has 4 nitrogen and oxygen atoms in total. The van der Waals surface area contributed by atoms with Gasteiger partial charge in [-0.25, -0.2) is 8.42 Å². The number of nitrogens with zero attached hydrogens (tertiary/aromatic N) is 1. The van der Waals surface area contributed by atoms with Crippen molar-refractivity contribution in [3.05, 3.63) is 59.7 Å². The van der Waals surface area contributed by atoms with Crippen LogP contribution in [0.25, 0.3) is 0 Å². The highest BCUT2D eigenvalue weighted by molar-refractivity contribution is 7.89. The normalized spacial score (nSPS) is 19.0. The summed E-state index contributed by atoms with van der Waals surface area (Å²) in [5, 5.41) is 0. The van der Waals surface area contributed by atoms with Crippen LogP contribution in [0, 0.1) is 6.92 Å². The third-order valence-corrected chi connectivity index (χ3v) is 6.25. The Morgan fingerprint density at radius 2 is 1.70 bits per heavy atom. The average Bonchev–Trinajstić information content (AvgIpc) is 3.06. The predicted molar refractivity (Wildman–Crippen MR) is 90.0 cm³/mol. The van der Waals surface area contributed by atoms with E-state index in [-0.39, 0.29) is 6.04 Å².